The van der Waals surface area contributed by atoms with Gasteiger partial charge >= 0.3 is 0 Å². The molecule has 4 aliphatic rings. The Hall–Kier alpha value is -6.35. The van der Waals surface area contributed by atoms with Gasteiger partial charge in [-0.25, -0.2) is 0 Å². The Morgan fingerprint density at radius 2 is 1.68 bits per heavy atom. The van der Waals surface area contributed by atoms with Crippen molar-refractivity contribution in [3.05, 3.63) is 148 Å². The monoisotopic (exact) mass is 852 g/mol. The first-order valence-electron chi connectivity index (χ1n) is 20.9. The molecule has 0 radical (unpaired) electrons. The number of hydrogen-bond acceptors (Lipinski definition) is 9. The molecular weight excluding hydrogens is 805 g/mol. The maximum atomic E-state index is 15.6. The number of nitro benzene ring substituents is 1. The number of carbonyl (C=O) groups is 3. The molecule has 0 saturated carbocycles. The molecule has 13 nitrogen and oxygen atoms in total. The zero-order valence-corrected chi connectivity index (χ0v) is 36.0. The van der Waals surface area contributed by atoms with Crippen LogP contribution >= 0.6 is 0 Å². The first-order valence-corrected chi connectivity index (χ1v) is 24.0. The molecular formula is C48H48N4O9Si. The molecule has 9 rings (SSSR count). The SMILES string of the molecule is COc1ccc([Si](C)(C)[C@H]2[C@H](CC(=O)N3Cc4ccccc4C[C@H]3CO)O[C@@]3(C(=O)N(Cc4cccc(N5C(=O)COc6ccccc65)c4)c4ccc([N+](=O)[O-])cc43)[C@@H]2C)cc1. The topological polar surface area (TPSA) is 152 Å². The summed E-state index contributed by atoms with van der Waals surface area (Å²) in [6.45, 7) is 6.49. The first-order chi connectivity index (χ1) is 29.8. The molecule has 1 fully saturated rings. The molecule has 5 atom stereocenters. The van der Waals surface area contributed by atoms with E-state index in [9.17, 15) is 24.8 Å². The summed E-state index contributed by atoms with van der Waals surface area (Å²) in [4.78, 5) is 60.4. The molecule has 4 heterocycles. The zero-order valence-electron chi connectivity index (χ0n) is 35.0. The molecule has 4 aliphatic heterocycles. The Kier molecular flexibility index (Phi) is 10.5. The van der Waals surface area contributed by atoms with E-state index in [1.165, 1.54) is 12.1 Å². The number of nitro groups is 1. The number of ether oxygens (including phenoxy) is 3. The number of aliphatic hydroxyl groups is 1. The number of para-hydroxylation sites is 2. The lowest BCUT2D eigenvalue weighted by Crippen LogP contribution is -2.52. The molecule has 0 aromatic heterocycles. The van der Waals surface area contributed by atoms with Crippen molar-refractivity contribution in [2.45, 2.75) is 69.2 Å². The summed E-state index contributed by atoms with van der Waals surface area (Å²) in [5.74, 6) is -0.0675. The molecule has 318 valence electrons. The van der Waals surface area contributed by atoms with Crippen molar-refractivity contribution in [1.29, 1.82) is 0 Å². The summed E-state index contributed by atoms with van der Waals surface area (Å²) < 4.78 is 18.4. The Morgan fingerprint density at radius 1 is 0.935 bits per heavy atom. The van der Waals surface area contributed by atoms with Gasteiger partial charge in [-0.3, -0.25) is 29.4 Å². The number of nitrogens with zero attached hydrogens (tertiary/aromatic N) is 4. The molecule has 62 heavy (non-hydrogen) atoms. The molecule has 1 saturated heterocycles. The lowest BCUT2D eigenvalue weighted by molar-refractivity contribution is -0.385. The summed E-state index contributed by atoms with van der Waals surface area (Å²) in [6, 6.07) is 34.6. The van der Waals surface area contributed by atoms with Crippen molar-refractivity contribution in [1.82, 2.24) is 4.90 Å². The molecule has 5 aromatic carbocycles. The fraction of sp³-hybridized carbons (Fsp3) is 0.312. The second kappa shape index (κ2) is 15.8. The van der Waals surface area contributed by atoms with Gasteiger partial charge in [-0.2, -0.15) is 0 Å². The van der Waals surface area contributed by atoms with E-state index in [0.29, 0.717) is 47.1 Å². The average molecular weight is 853 g/mol. The number of fused-ring (bicyclic) bond motifs is 4. The van der Waals surface area contributed by atoms with Gasteiger partial charge in [0, 0.05) is 35.8 Å². The number of amides is 3. The van der Waals surface area contributed by atoms with Crippen LogP contribution in [0.5, 0.6) is 11.5 Å². The summed E-state index contributed by atoms with van der Waals surface area (Å²) in [6.07, 6.45) is -0.307. The minimum Gasteiger partial charge on any atom is -0.497 e. The van der Waals surface area contributed by atoms with Crippen molar-refractivity contribution in [2.75, 3.05) is 30.1 Å². The molecule has 1 N–H and O–H groups in total. The highest BCUT2D eigenvalue weighted by Crippen LogP contribution is 2.60. The predicted octanol–water partition coefficient (Wildman–Crippen LogP) is 6.76. The van der Waals surface area contributed by atoms with Crippen LogP contribution in [0.4, 0.5) is 22.7 Å². The van der Waals surface area contributed by atoms with Crippen molar-refractivity contribution >= 4 is 53.7 Å². The Labute approximate surface area is 360 Å². The van der Waals surface area contributed by atoms with Crippen LogP contribution in [0.25, 0.3) is 0 Å². The van der Waals surface area contributed by atoms with E-state index in [-0.39, 0.29) is 55.1 Å². The molecule has 1 spiro atoms. The first kappa shape index (κ1) is 41.0. The molecule has 14 heteroatoms. The lowest BCUT2D eigenvalue weighted by atomic mass is 9.82. The second-order valence-electron chi connectivity index (χ2n) is 17.2. The van der Waals surface area contributed by atoms with Crippen LogP contribution in [-0.2, 0) is 44.2 Å². The number of non-ortho nitro benzene ring substituents is 1. The number of aliphatic hydroxyl groups excluding tert-OH is 1. The molecule has 0 unspecified atom stereocenters. The van der Waals surface area contributed by atoms with Gasteiger partial charge < -0.3 is 29.1 Å². The van der Waals surface area contributed by atoms with E-state index in [1.807, 2.05) is 104 Å². The third-order valence-corrected chi connectivity index (χ3v) is 17.9. The van der Waals surface area contributed by atoms with Gasteiger partial charge in [0.2, 0.25) is 5.91 Å². The van der Waals surface area contributed by atoms with E-state index < -0.39 is 36.7 Å². The third-order valence-electron chi connectivity index (χ3n) is 13.5. The fourth-order valence-corrected chi connectivity index (χ4v) is 14.5. The number of benzene rings is 5. The minimum absolute atomic E-state index is 0.0589. The average Bonchev–Trinajstić information content (AvgIpc) is 3.71. The van der Waals surface area contributed by atoms with Crippen LogP contribution in [0.15, 0.2) is 115 Å². The van der Waals surface area contributed by atoms with Gasteiger partial charge in [-0.15, -0.1) is 0 Å². The van der Waals surface area contributed by atoms with E-state index in [0.717, 1.165) is 21.9 Å². The number of carbonyl (C=O) groups excluding carboxylic acids is 3. The van der Waals surface area contributed by atoms with Crippen LogP contribution in [-0.4, -0.2) is 73.2 Å². The van der Waals surface area contributed by atoms with E-state index in [2.05, 4.69) is 13.1 Å². The standard InChI is InChI=1S/C48H48N4O9Si/c1-30-46(62(3,4)38-19-17-37(59-2)18-20-38)43(25-44(54)49-27-33-12-6-5-11-32(33)23-36(49)28-53)61-48(30)39-24-35(52(57)58)16-21-40(39)50(47(48)56)26-31-10-9-13-34(22-31)51-41-14-7-8-15-42(41)60-29-45(51)55/h5-22,24,30,36,43,46,53H,23,25-29H2,1-4H3/t30-,36+,43+,46-,48+/m1/s1. The Morgan fingerprint density at radius 3 is 2.42 bits per heavy atom. The van der Waals surface area contributed by atoms with Crippen LogP contribution in [0.3, 0.4) is 0 Å². The summed E-state index contributed by atoms with van der Waals surface area (Å²) in [5.41, 5.74) is 2.73. The van der Waals surface area contributed by atoms with Crippen molar-refractivity contribution in [3.63, 3.8) is 0 Å². The summed E-state index contributed by atoms with van der Waals surface area (Å²) in [5, 5.41) is 24.0. The van der Waals surface area contributed by atoms with Crippen LogP contribution in [0.2, 0.25) is 18.6 Å². The van der Waals surface area contributed by atoms with Gasteiger partial charge in [-0.05, 0) is 71.1 Å². The van der Waals surface area contributed by atoms with Crippen LogP contribution in [0, 0.1) is 16.0 Å². The highest BCUT2D eigenvalue weighted by molar-refractivity contribution is 6.91. The largest absolute Gasteiger partial charge is 0.497 e. The van der Waals surface area contributed by atoms with Crippen molar-refractivity contribution in [2.24, 2.45) is 5.92 Å². The predicted molar refractivity (Wildman–Crippen MR) is 236 cm³/mol. The summed E-state index contributed by atoms with van der Waals surface area (Å²) >= 11 is 0. The maximum Gasteiger partial charge on any atom is 0.269 e. The Bertz CT molecular complexity index is 2600. The fourth-order valence-electron chi connectivity index (χ4n) is 10.5. The zero-order chi connectivity index (χ0) is 43.5. The maximum absolute atomic E-state index is 15.6. The highest BCUT2D eigenvalue weighted by atomic mass is 28.3. The van der Waals surface area contributed by atoms with Crippen LogP contribution in [0.1, 0.15) is 35.6 Å². The number of hydrogen-bond donors (Lipinski definition) is 1. The van der Waals surface area contributed by atoms with E-state index in [1.54, 1.807) is 27.9 Å². The normalized spacial score (nSPS) is 22.9. The molecule has 5 aromatic rings. The quantitative estimate of drug-likeness (QED) is 0.0913. The van der Waals surface area contributed by atoms with Crippen LogP contribution < -0.4 is 24.5 Å². The summed E-state index contributed by atoms with van der Waals surface area (Å²) in [7, 11) is -1.09. The number of methoxy groups -OCH3 is 1. The van der Waals surface area contributed by atoms with Gasteiger partial charge in [0.15, 0.2) is 12.2 Å². The highest BCUT2D eigenvalue weighted by Gasteiger charge is 2.67. The molecule has 0 aliphatic carbocycles. The lowest BCUT2D eigenvalue weighted by Gasteiger charge is -2.39. The molecule has 0 bridgehead atoms. The Balaban J connectivity index is 1.12. The molecule has 3 amide bonds. The van der Waals surface area contributed by atoms with Crippen molar-refractivity contribution in [3.8, 4) is 11.5 Å². The van der Waals surface area contributed by atoms with Gasteiger partial charge in [0.1, 0.15) is 11.5 Å². The van der Waals surface area contributed by atoms with E-state index in [4.69, 9.17) is 14.2 Å². The van der Waals surface area contributed by atoms with Crippen molar-refractivity contribution < 1.29 is 38.6 Å². The van der Waals surface area contributed by atoms with Gasteiger partial charge in [0.25, 0.3) is 17.5 Å². The second-order valence-corrected chi connectivity index (χ2v) is 21.9. The third kappa shape index (κ3) is 6.73. The number of rotatable bonds is 10. The smallest absolute Gasteiger partial charge is 0.269 e. The number of anilines is 3. The van der Waals surface area contributed by atoms with Gasteiger partial charge in [0.05, 0.1) is 63.2 Å². The minimum atomic E-state index is -2.70. The van der Waals surface area contributed by atoms with E-state index >= 15 is 4.79 Å². The van der Waals surface area contributed by atoms with Gasteiger partial charge in [-0.1, -0.05) is 85.9 Å².